The number of hydrogen-bond donors (Lipinski definition) is 2. The van der Waals surface area contributed by atoms with Crippen molar-refractivity contribution in [1.29, 1.82) is 0 Å². The molecule has 0 bridgehead atoms. The van der Waals surface area contributed by atoms with Crippen LogP contribution in [0.4, 0.5) is 5.69 Å². The summed E-state index contributed by atoms with van der Waals surface area (Å²) in [6, 6.07) is 2.69. The highest BCUT2D eigenvalue weighted by atomic mass is 79.9. The number of nitrogens with one attached hydrogen (secondary N) is 1. The predicted molar refractivity (Wildman–Crippen MR) is 86.5 cm³/mol. The third kappa shape index (κ3) is 4.89. The summed E-state index contributed by atoms with van der Waals surface area (Å²) in [5.41, 5.74) is 6.01. The van der Waals surface area contributed by atoms with Crippen molar-refractivity contribution in [2.45, 2.75) is 24.3 Å². The average molecular weight is 385 g/mol. The normalized spacial score (nSPS) is 13.7. The van der Waals surface area contributed by atoms with E-state index in [-0.39, 0.29) is 16.0 Å². The van der Waals surface area contributed by atoms with Gasteiger partial charge in [-0.3, -0.25) is 0 Å². The molecule has 3 N–H and O–H groups in total. The fourth-order valence-electron chi connectivity index (χ4n) is 1.62. The van der Waals surface area contributed by atoms with E-state index < -0.39 is 10.0 Å². The maximum atomic E-state index is 12.3. The second-order valence-electron chi connectivity index (χ2n) is 4.92. The maximum Gasteiger partial charge on any atom is 0.242 e. The molecule has 0 radical (unpaired) electrons. The lowest BCUT2D eigenvalue weighted by atomic mass is 10.2. The zero-order valence-corrected chi connectivity index (χ0v) is 14.8. The van der Waals surface area contributed by atoms with Crippen molar-refractivity contribution in [3.63, 3.8) is 0 Å². The van der Waals surface area contributed by atoms with E-state index in [2.05, 4.69) is 20.7 Å². The summed E-state index contributed by atoms with van der Waals surface area (Å²) in [6.07, 6.45) is 0.708. The Labute approximate surface area is 133 Å². The van der Waals surface area contributed by atoms with E-state index >= 15 is 0 Å². The number of hydrogen-bond acceptors (Lipinski definition) is 4. The minimum absolute atomic E-state index is 0.0548. The van der Waals surface area contributed by atoms with Gasteiger partial charge in [0.15, 0.2) is 0 Å². The molecule has 0 saturated heterocycles. The Bertz CT molecular complexity index is 578. The molecule has 0 amide bonds. The molecular formula is C12H19BrClN3O2S. The van der Waals surface area contributed by atoms with E-state index in [0.717, 1.165) is 6.54 Å². The Balaban J connectivity index is 2.94. The summed E-state index contributed by atoms with van der Waals surface area (Å²) in [6.45, 7) is 2.62. The van der Waals surface area contributed by atoms with E-state index in [1.165, 1.54) is 12.1 Å². The summed E-state index contributed by atoms with van der Waals surface area (Å²) in [4.78, 5) is 2.05. The van der Waals surface area contributed by atoms with Crippen LogP contribution >= 0.6 is 27.5 Å². The van der Waals surface area contributed by atoms with E-state index in [1.54, 1.807) is 0 Å². The van der Waals surface area contributed by atoms with Crippen LogP contribution in [0.15, 0.2) is 21.5 Å². The van der Waals surface area contributed by atoms with Crippen LogP contribution in [0.1, 0.15) is 13.3 Å². The van der Waals surface area contributed by atoms with E-state index in [9.17, 15) is 8.42 Å². The van der Waals surface area contributed by atoms with Crippen molar-refractivity contribution in [2.24, 2.45) is 0 Å². The minimum Gasteiger partial charge on any atom is -0.398 e. The zero-order valence-electron chi connectivity index (χ0n) is 11.7. The lowest BCUT2D eigenvalue weighted by Gasteiger charge is -2.18. The molecule has 8 heteroatoms. The van der Waals surface area contributed by atoms with Crippen molar-refractivity contribution in [2.75, 3.05) is 26.4 Å². The molecule has 1 aromatic carbocycles. The Kier molecular flexibility index (Phi) is 6.27. The van der Waals surface area contributed by atoms with Gasteiger partial charge >= 0.3 is 0 Å². The zero-order chi connectivity index (χ0) is 15.5. The van der Waals surface area contributed by atoms with Crippen LogP contribution in [0.25, 0.3) is 0 Å². The molecule has 0 aliphatic rings. The molecule has 1 atom stereocenters. The largest absolute Gasteiger partial charge is 0.398 e. The third-order valence-electron chi connectivity index (χ3n) is 2.69. The summed E-state index contributed by atoms with van der Waals surface area (Å²) in [7, 11) is 0.217. The van der Waals surface area contributed by atoms with Crippen molar-refractivity contribution in [3.8, 4) is 0 Å². The minimum atomic E-state index is -3.66. The molecule has 0 aliphatic carbocycles. The fourth-order valence-corrected chi connectivity index (χ4v) is 4.19. The van der Waals surface area contributed by atoms with Crippen LogP contribution in [0.2, 0.25) is 5.02 Å². The molecular weight excluding hydrogens is 366 g/mol. The van der Waals surface area contributed by atoms with Crippen molar-refractivity contribution in [1.82, 2.24) is 9.62 Å². The van der Waals surface area contributed by atoms with E-state index in [1.807, 2.05) is 25.9 Å². The monoisotopic (exact) mass is 383 g/mol. The number of anilines is 1. The molecule has 0 heterocycles. The summed E-state index contributed by atoms with van der Waals surface area (Å²) >= 11 is 9.06. The smallest absolute Gasteiger partial charge is 0.242 e. The highest BCUT2D eigenvalue weighted by Crippen LogP contribution is 2.31. The lowest BCUT2D eigenvalue weighted by molar-refractivity contribution is 0.379. The first-order valence-corrected chi connectivity index (χ1v) is 8.70. The van der Waals surface area contributed by atoms with Gasteiger partial charge in [0, 0.05) is 16.8 Å². The molecule has 5 nitrogen and oxygen atoms in total. The average Bonchev–Trinajstić information content (AvgIpc) is 2.30. The number of nitrogens with zero attached hydrogens (tertiary/aromatic N) is 1. The van der Waals surface area contributed by atoms with Gasteiger partial charge in [0.05, 0.1) is 9.37 Å². The van der Waals surface area contributed by atoms with Gasteiger partial charge in [-0.25, -0.2) is 13.1 Å². The second kappa shape index (κ2) is 7.09. The van der Waals surface area contributed by atoms with Gasteiger partial charge in [-0.05, 0) is 62.0 Å². The first-order chi connectivity index (χ1) is 9.13. The SMILES string of the molecule is CC(CCN(C)C)NS(=O)(=O)c1cc(Cl)cc(N)c1Br. The summed E-state index contributed by atoms with van der Waals surface area (Å²) in [5, 5.41) is 0.284. The van der Waals surface area contributed by atoms with Crippen LogP contribution < -0.4 is 10.5 Å². The third-order valence-corrected chi connectivity index (χ3v) is 5.67. The Morgan fingerprint density at radius 1 is 1.45 bits per heavy atom. The fraction of sp³-hybridized carbons (Fsp3) is 0.500. The van der Waals surface area contributed by atoms with Crippen LogP contribution in [-0.2, 0) is 10.0 Å². The molecule has 0 saturated carbocycles. The van der Waals surface area contributed by atoms with Crippen LogP contribution in [0, 0.1) is 0 Å². The number of rotatable bonds is 6. The molecule has 1 unspecified atom stereocenters. The number of nitrogens with two attached hydrogens (primary N) is 1. The molecule has 0 aromatic heterocycles. The highest BCUT2D eigenvalue weighted by molar-refractivity contribution is 9.10. The van der Waals surface area contributed by atoms with Gasteiger partial charge in [-0.1, -0.05) is 11.6 Å². The van der Waals surface area contributed by atoms with Crippen molar-refractivity contribution < 1.29 is 8.42 Å². The quantitative estimate of drug-likeness (QED) is 0.738. The van der Waals surface area contributed by atoms with E-state index in [0.29, 0.717) is 16.6 Å². The van der Waals surface area contributed by atoms with Crippen molar-refractivity contribution in [3.05, 3.63) is 21.6 Å². The molecule has 0 aliphatic heterocycles. The van der Waals surface area contributed by atoms with Crippen molar-refractivity contribution >= 4 is 43.2 Å². The molecule has 1 rings (SSSR count). The molecule has 0 spiro atoms. The number of benzene rings is 1. The van der Waals surface area contributed by atoms with E-state index in [4.69, 9.17) is 17.3 Å². The molecule has 1 aromatic rings. The van der Waals surface area contributed by atoms with Gasteiger partial charge in [0.1, 0.15) is 0 Å². The maximum absolute atomic E-state index is 12.3. The first-order valence-electron chi connectivity index (χ1n) is 6.05. The lowest BCUT2D eigenvalue weighted by Crippen LogP contribution is -2.35. The standard InChI is InChI=1S/C12H19BrClN3O2S/c1-8(4-5-17(2)3)16-20(18,19)11-7-9(14)6-10(15)12(11)13/h6-8,16H,4-5,15H2,1-3H3. The number of halogens is 2. The van der Waals surface area contributed by atoms with Crippen LogP contribution in [0.3, 0.4) is 0 Å². The number of sulfonamides is 1. The molecule has 0 fully saturated rings. The van der Waals surface area contributed by atoms with Gasteiger partial charge in [0.25, 0.3) is 0 Å². The van der Waals surface area contributed by atoms with Gasteiger partial charge in [0.2, 0.25) is 10.0 Å². The topological polar surface area (TPSA) is 75.4 Å². The van der Waals surface area contributed by atoms with Gasteiger partial charge < -0.3 is 10.6 Å². The molecule has 20 heavy (non-hydrogen) atoms. The predicted octanol–water partition coefficient (Wildman–Crippen LogP) is 2.30. The Morgan fingerprint density at radius 3 is 2.60 bits per heavy atom. The Morgan fingerprint density at radius 2 is 2.05 bits per heavy atom. The van der Waals surface area contributed by atoms with Crippen LogP contribution in [-0.4, -0.2) is 40.0 Å². The highest BCUT2D eigenvalue weighted by Gasteiger charge is 2.22. The number of nitrogen functional groups attached to an aromatic ring is 1. The summed E-state index contributed by atoms with van der Waals surface area (Å²) < 4.78 is 27.6. The Hall–Kier alpha value is -0.340. The molecule has 114 valence electrons. The van der Waals surface area contributed by atoms with Gasteiger partial charge in [-0.2, -0.15) is 0 Å². The second-order valence-corrected chi connectivity index (χ2v) is 7.83. The summed E-state index contributed by atoms with van der Waals surface area (Å²) in [5.74, 6) is 0. The van der Waals surface area contributed by atoms with Crippen LogP contribution in [0.5, 0.6) is 0 Å². The first kappa shape index (κ1) is 17.7. The van der Waals surface area contributed by atoms with Gasteiger partial charge in [-0.15, -0.1) is 0 Å².